The molecule has 0 unspecified atom stereocenters. The largest absolute Gasteiger partial charge is 0.339 e. The van der Waals surface area contributed by atoms with Crippen LogP contribution in [0.2, 0.25) is 0 Å². The Bertz CT molecular complexity index is 983. The second-order valence-electron chi connectivity index (χ2n) is 5.60. The Morgan fingerprint density at radius 3 is 2.86 bits per heavy atom. The van der Waals surface area contributed by atoms with Crippen LogP contribution >= 0.6 is 11.3 Å². The van der Waals surface area contributed by atoms with Gasteiger partial charge in [0.1, 0.15) is 5.69 Å². The third-order valence-electron chi connectivity index (χ3n) is 4.42. The van der Waals surface area contributed by atoms with E-state index in [1.165, 1.54) is 11.3 Å². The summed E-state index contributed by atoms with van der Waals surface area (Å²) in [6, 6.07) is 5.42. The fraction of sp³-hybridized carbons (Fsp3) is 0.188. The molecule has 22 heavy (non-hydrogen) atoms. The van der Waals surface area contributed by atoms with Gasteiger partial charge in [-0.15, -0.1) is 11.3 Å². The van der Waals surface area contributed by atoms with Gasteiger partial charge in [0.25, 0.3) is 0 Å². The number of benzene rings is 1. The second kappa shape index (κ2) is 4.12. The van der Waals surface area contributed by atoms with E-state index in [1.807, 2.05) is 10.6 Å². The number of carbonyl (C=O) groups is 2. The summed E-state index contributed by atoms with van der Waals surface area (Å²) >= 11 is 1.48. The summed E-state index contributed by atoms with van der Waals surface area (Å²) < 4.78 is 2.93. The first-order valence-electron chi connectivity index (χ1n) is 7.14. The lowest BCUT2D eigenvalue weighted by Crippen LogP contribution is -2.30. The van der Waals surface area contributed by atoms with Gasteiger partial charge in [-0.05, 0) is 18.2 Å². The van der Waals surface area contributed by atoms with E-state index in [0.29, 0.717) is 28.9 Å². The van der Waals surface area contributed by atoms with Crippen molar-refractivity contribution in [1.82, 2.24) is 14.9 Å². The van der Waals surface area contributed by atoms with Crippen LogP contribution in [0.15, 0.2) is 23.7 Å². The van der Waals surface area contributed by atoms with Crippen molar-refractivity contribution in [3.63, 3.8) is 0 Å². The van der Waals surface area contributed by atoms with Gasteiger partial charge in [0, 0.05) is 36.5 Å². The van der Waals surface area contributed by atoms with Gasteiger partial charge < -0.3 is 9.88 Å². The van der Waals surface area contributed by atoms with Crippen molar-refractivity contribution in [2.75, 3.05) is 6.54 Å². The van der Waals surface area contributed by atoms with Crippen molar-refractivity contribution in [3.8, 4) is 0 Å². The molecule has 0 atom stereocenters. The molecule has 5 nitrogen and oxygen atoms in total. The Kier molecular flexibility index (Phi) is 2.29. The zero-order valence-corrected chi connectivity index (χ0v) is 12.4. The molecule has 0 bridgehead atoms. The highest BCUT2D eigenvalue weighted by Gasteiger charge is 2.35. The van der Waals surface area contributed by atoms with E-state index in [9.17, 15) is 9.59 Å². The van der Waals surface area contributed by atoms with Gasteiger partial charge in [0.2, 0.25) is 5.78 Å². The number of hydrogen-bond donors (Lipinski definition) is 1. The highest BCUT2D eigenvalue weighted by atomic mass is 32.1. The van der Waals surface area contributed by atoms with Crippen LogP contribution < -0.4 is 5.32 Å². The molecule has 0 radical (unpaired) electrons. The van der Waals surface area contributed by atoms with Crippen LogP contribution in [-0.2, 0) is 13.1 Å². The van der Waals surface area contributed by atoms with E-state index in [1.54, 1.807) is 17.6 Å². The highest BCUT2D eigenvalue weighted by Crippen LogP contribution is 2.33. The topological polar surface area (TPSA) is 64.0 Å². The van der Waals surface area contributed by atoms with Gasteiger partial charge in [0.05, 0.1) is 21.3 Å². The predicted molar refractivity (Wildman–Crippen MR) is 82.6 cm³/mol. The second-order valence-corrected chi connectivity index (χ2v) is 6.49. The average Bonchev–Trinajstić information content (AvgIpc) is 3.15. The van der Waals surface area contributed by atoms with Crippen LogP contribution in [0.3, 0.4) is 0 Å². The van der Waals surface area contributed by atoms with Crippen LogP contribution in [0.25, 0.3) is 10.2 Å². The molecule has 3 heterocycles. The lowest BCUT2D eigenvalue weighted by molar-refractivity contribution is 0.0973. The number of carbonyl (C=O) groups excluding carboxylic acids is 2. The molecule has 0 saturated heterocycles. The van der Waals surface area contributed by atoms with Gasteiger partial charge >= 0.3 is 0 Å². The van der Waals surface area contributed by atoms with Crippen molar-refractivity contribution in [2.45, 2.75) is 13.1 Å². The number of thiazole rings is 1. The number of ketones is 2. The summed E-state index contributed by atoms with van der Waals surface area (Å²) in [5.74, 6) is -0.116. The molecule has 2 aliphatic rings. The minimum atomic E-state index is -0.0624. The maximum Gasteiger partial charge on any atom is 0.210 e. The van der Waals surface area contributed by atoms with Crippen LogP contribution in [0.4, 0.5) is 0 Å². The molecule has 6 heteroatoms. The van der Waals surface area contributed by atoms with E-state index in [4.69, 9.17) is 0 Å². The minimum Gasteiger partial charge on any atom is -0.339 e. The van der Waals surface area contributed by atoms with E-state index in [-0.39, 0.29) is 11.6 Å². The molecule has 0 spiro atoms. The zero-order chi connectivity index (χ0) is 14.8. The Labute approximate surface area is 129 Å². The fourth-order valence-electron chi connectivity index (χ4n) is 3.38. The molecule has 0 saturated carbocycles. The van der Waals surface area contributed by atoms with E-state index < -0.39 is 0 Å². The molecule has 0 amide bonds. The first-order valence-corrected chi connectivity index (χ1v) is 8.02. The van der Waals surface area contributed by atoms with Crippen LogP contribution in [-0.4, -0.2) is 27.7 Å². The normalized spacial score (nSPS) is 16.5. The Morgan fingerprint density at radius 2 is 1.95 bits per heavy atom. The lowest BCUT2D eigenvalue weighted by Gasteiger charge is -2.21. The monoisotopic (exact) mass is 309 g/mol. The molecule has 108 valence electrons. The summed E-state index contributed by atoms with van der Waals surface area (Å²) in [5.41, 5.74) is 5.59. The number of aromatic nitrogens is 2. The molecule has 1 aliphatic carbocycles. The third-order valence-corrected chi connectivity index (χ3v) is 5.21. The van der Waals surface area contributed by atoms with Gasteiger partial charge in [-0.3, -0.25) is 9.59 Å². The maximum atomic E-state index is 12.9. The fourth-order valence-corrected chi connectivity index (χ4v) is 4.08. The standard InChI is InChI=1S/C16H11N3O2S/c20-15-10-5-13-12(18-7-22-13)4-9(10)16(21)14-11(15)3-8-6-17-1-2-19(8)14/h3-5,7,17H,1-2,6H2. The Balaban J connectivity index is 1.82. The number of rotatable bonds is 0. The summed E-state index contributed by atoms with van der Waals surface area (Å²) in [4.78, 5) is 30.0. The highest BCUT2D eigenvalue weighted by molar-refractivity contribution is 7.16. The molecule has 1 aliphatic heterocycles. The summed E-state index contributed by atoms with van der Waals surface area (Å²) in [6.45, 7) is 2.23. The van der Waals surface area contributed by atoms with Gasteiger partial charge in [-0.2, -0.15) is 0 Å². The van der Waals surface area contributed by atoms with Crippen molar-refractivity contribution < 1.29 is 9.59 Å². The van der Waals surface area contributed by atoms with Crippen LogP contribution in [0, 0.1) is 0 Å². The Hall–Kier alpha value is -2.31. The number of fused-ring (bicyclic) bond motifs is 5. The third kappa shape index (κ3) is 1.43. The summed E-state index contributed by atoms with van der Waals surface area (Å²) in [5, 5.41) is 3.27. The Morgan fingerprint density at radius 1 is 1.09 bits per heavy atom. The lowest BCUT2D eigenvalue weighted by atomic mass is 9.88. The molecule has 2 aromatic heterocycles. The van der Waals surface area contributed by atoms with Gasteiger partial charge in [-0.25, -0.2) is 4.98 Å². The van der Waals surface area contributed by atoms with Crippen molar-refractivity contribution >= 4 is 33.1 Å². The quantitative estimate of drug-likeness (QED) is 0.539. The van der Waals surface area contributed by atoms with Gasteiger partial charge in [0.15, 0.2) is 5.78 Å². The molecule has 0 fully saturated rings. The smallest absolute Gasteiger partial charge is 0.210 e. The predicted octanol–water partition coefficient (Wildman–Crippen LogP) is 1.98. The molecular weight excluding hydrogens is 298 g/mol. The minimum absolute atomic E-state index is 0.0539. The molecule has 3 aromatic rings. The van der Waals surface area contributed by atoms with E-state index in [0.717, 1.165) is 29.0 Å². The number of nitrogens with zero attached hydrogens (tertiary/aromatic N) is 2. The first kappa shape index (κ1) is 12.3. The average molecular weight is 309 g/mol. The number of nitrogens with one attached hydrogen (secondary N) is 1. The van der Waals surface area contributed by atoms with Crippen molar-refractivity contribution in [1.29, 1.82) is 0 Å². The first-order chi connectivity index (χ1) is 10.7. The molecular formula is C16H11N3O2S. The zero-order valence-electron chi connectivity index (χ0n) is 11.5. The molecule has 5 rings (SSSR count). The molecule has 1 aromatic carbocycles. The van der Waals surface area contributed by atoms with Crippen LogP contribution in [0.1, 0.15) is 37.7 Å². The maximum absolute atomic E-state index is 12.9. The molecule has 1 N–H and O–H groups in total. The summed E-state index contributed by atoms with van der Waals surface area (Å²) in [7, 11) is 0. The van der Waals surface area contributed by atoms with Crippen LogP contribution in [0.5, 0.6) is 0 Å². The van der Waals surface area contributed by atoms with Crippen molar-refractivity contribution in [2.24, 2.45) is 0 Å². The van der Waals surface area contributed by atoms with Gasteiger partial charge in [-0.1, -0.05) is 0 Å². The SMILES string of the molecule is O=C1c2cc3scnc3cc2C(=O)c2c1cc1n2CCNC1. The summed E-state index contributed by atoms with van der Waals surface area (Å²) in [6.07, 6.45) is 0. The number of hydrogen-bond acceptors (Lipinski definition) is 5. The van der Waals surface area contributed by atoms with E-state index >= 15 is 0 Å². The van der Waals surface area contributed by atoms with E-state index in [2.05, 4.69) is 10.3 Å². The van der Waals surface area contributed by atoms with Crippen molar-refractivity contribution in [3.05, 3.63) is 51.8 Å².